The number of hydrogen-bond donors (Lipinski definition) is 2. The summed E-state index contributed by atoms with van der Waals surface area (Å²) < 4.78 is 1.16. The Balaban J connectivity index is 1.35. The largest absolute Gasteiger partial charge is 0.357 e. The Morgan fingerprint density at radius 2 is 1.90 bits per heavy atom. The maximum Gasteiger partial charge on any atom is 0.253 e. The average Bonchev–Trinajstić information content (AvgIpc) is 3.49. The van der Waals surface area contributed by atoms with Crippen LogP contribution in [-0.4, -0.2) is 38.0 Å². The van der Waals surface area contributed by atoms with Crippen molar-refractivity contribution in [2.24, 2.45) is 0 Å². The summed E-state index contributed by atoms with van der Waals surface area (Å²) in [4.78, 5) is 19.4. The zero-order valence-electron chi connectivity index (χ0n) is 16.6. The molecule has 2 heterocycles. The molecule has 0 aliphatic heterocycles. The van der Waals surface area contributed by atoms with E-state index in [0.29, 0.717) is 11.3 Å². The van der Waals surface area contributed by atoms with Crippen molar-refractivity contribution in [3.05, 3.63) is 66.0 Å². The molecule has 0 saturated heterocycles. The van der Waals surface area contributed by atoms with Gasteiger partial charge in [0.25, 0.3) is 5.91 Å². The van der Waals surface area contributed by atoms with Gasteiger partial charge in [-0.3, -0.25) is 4.79 Å². The highest BCUT2D eigenvalue weighted by Crippen LogP contribution is 2.29. The van der Waals surface area contributed by atoms with Crippen LogP contribution in [-0.2, 0) is 0 Å². The minimum atomic E-state index is -0.103. The first-order chi connectivity index (χ1) is 14.7. The van der Waals surface area contributed by atoms with Gasteiger partial charge in [-0.25, -0.2) is 4.98 Å². The first-order valence-electron chi connectivity index (χ1n) is 10.1. The number of para-hydroxylation sites is 1. The summed E-state index contributed by atoms with van der Waals surface area (Å²) in [5.74, 6) is -0.103. The van der Waals surface area contributed by atoms with Gasteiger partial charge in [0.15, 0.2) is 5.13 Å². The van der Waals surface area contributed by atoms with Crippen molar-refractivity contribution < 1.29 is 4.79 Å². The lowest BCUT2D eigenvalue weighted by Crippen LogP contribution is -2.43. The highest BCUT2D eigenvalue weighted by atomic mass is 32.1. The van der Waals surface area contributed by atoms with Gasteiger partial charge in [-0.1, -0.05) is 35.1 Å². The second-order valence-corrected chi connectivity index (χ2v) is 8.62. The number of anilines is 1. The second kappa shape index (κ2) is 7.87. The first-order valence-corrected chi connectivity index (χ1v) is 10.9. The van der Waals surface area contributed by atoms with Crippen molar-refractivity contribution in [3.8, 4) is 5.69 Å². The minimum Gasteiger partial charge on any atom is -0.357 e. The van der Waals surface area contributed by atoms with E-state index in [9.17, 15) is 4.79 Å². The predicted molar refractivity (Wildman–Crippen MR) is 118 cm³/mol. The molecule has 1 fully saturated rings. The molecule has 0 radical (unpaired) electrons. The van der Waals surface area contributed by atoms with Crippen LogP contribution in [0.4, 0.5) is 5.13 Å². The third-order valence-corrected chi connectivity index (χ3v) is 6.43. The maximum atomic E-state index is 13.2. The van der Waals surface area contributed by atoms with E-state index in [-0.39, 0.29) is 18.0 Å². The van der Waals surface area contributed by atoms with E-state index in [4.69, 9.17) is 0 Å². The Morgan fingerprint density at radius 3 is 2.73 bits per heavy atom. The van der Waals surface area contributed by atoms with Gasteiger partial charge in [0.1, 0.15) is 0 Å². The van der Waals surface area contributed by atoms with Crippen LogP contribution in [0.1, 0.15) is 35.2 Å². The summed E-state index contributed by atoms with van der Waals surface area (Å²) >= 11 is 1.65. The van der Waals surface area contributed by atoms with Gasteiger partial charge in [0.05, 0.1) is 33.9 Å². The van der Waals surface area contributed by atoms with Crippen molar-refractivity contribution in [2.45, 2.75) is 38.3 Å². The quantitative estimate of drug-likeness (QED) is 0.513. The molecule has 0 bridgehead atoms. The number of aryl methyl sites for hydroxylation is 1. The van der Waals surface area contributed by atoms with Crippen LogP contribution in [0.15, 0.2) is 54.9 Å². The zero-order chi connectivity index (χ0) is 20.5. The standard InChI is InChI=1S/C22H22N6OS/c1-14-9-10-19(28-23-11-12-24-28)15(13-14)21(29)25-16-6-4-7-17(16)26-22-27-18-5-2-3-8-20(18)30-22/h2-3,5,8-13,16-17H,4,6-7H2,1H3,(H,25,29)(H,26,27)/t16-,17+/m1/s1. The highest BCUT2D eigenvalue weighted by Gasteiger charge is 2.30. The fourth-order valence-corrected chi connectivity index (χ4v) is 4.92. The van der Waals surface area contributed by atoms with Crippen LogP contribution >= 0.6 is 11.3 Å². The Morgan fingerprint density at radius 1 is 1.10 bits per heavy atom. The van der Waals surface area contributed by atoms with Crippen molar-refractivity contribution in [3.63, 3.8) is 0 Å². The number of nitrogens with one attached hydrogen (secondary N) is 2. The van der Waals surface area contributed by atoms with E-state index >= 15 is 0 Å². The van der Waals surface area contributed by atoms with Gasteiger partial charge in [-0.15, -0.1) is 0 Å². The minimum absolute atomic E-state index is 0.0449. The molecule has 7 nitrogen and oxygen atoms in total. The molecule has 0 spiro atoms. The third kappa shape index (κ3) is 3.66. The van der Waals surface area contributed by atoms with E-state index < -0.39 is 0 Å². The van der Waals surface area contributed by atoms with Crippen LogP contribution in [0, 0.1) is 6.92 Å². The molecule has 2 N–H and O–H groups in total. The van der Waals surface area contributed by atoms with Crippen LogP contribution < -0.4 is 10.6 Å². The fourth-order valence-electron chi connectivity index (χ4n) is 3.99. The number of nitrogens with zero attached hydrogens (tertiary/aromatic N) is 4. The molecule has 152 valence electrons. The van der Waals surface area contributed by atoms with Crippen LogP contribution in [0.25, 0.3) is 15.9 Å². The molecule has 2 aromatic heterocycles. The Kier molecular flexibility index (Phi) is 4.92. The molecular formula is C22H22N6OS. The zero-order valence-corrected chi connectivity index (χ0v) is 17.4. The summed E-state index contributed by atoms with van der Waals surface area (Å²) in [6, 6.07) is 14.1. The smallest absolute Gasteiger partial charge is 0.253 e. The number of fused-ring (bicyclic) bond motifs is 1. The number of carbonyl (C=O) groups excluding carboxylic acids is 1. The average molecular weight is 419 g/mol. The molecule has 5 rings (SSSR count). The summed E-state index contributed by atoms with van der Waals surface area (Å²) in [6.45, 7) is 1.98. The van der Waals surface area contributed by atoms with Crippen LogP contribution in [0.3, 0.4) is 0 Å². The van der Waals surface area contributed by atoms with Gasteiger partial charge < -0.3 is 10.6 Å². The Hall–Kier alpha value is -3.26. The molecule has 30 heavy (non-hydrogen) atoms. The number of benzene rings is 2. The summed E-state index contributed by atoms with van der Waals surface area (Å²) in [7, 11) is 0. The molecule has 1 saturated carbocycles. The lowest BCUT2D eigenvalue weighted by molar-refractivity contribution is 0.0935. The van der Waals surface area contributed by atoms with Crippen molar-refractivity contribution in [2.75, 3.05) is 5.32 Å². The number of thiazole rings is 1. The molecule has 8 heteroatoms. The van der Waals surface area contributed by atoms with Gasteiger partial charge in [0.2, 0.25) is 0 Å². The maximum absolute atomic E-state index is 13.2. The summed E-state index contributed by atoms with van der Waals surface area (Å²) in [5, 5.41) is 16.1. The Labute approximate surface area is 178 Å². The SMILES string of the molecule is Cc1ccc(-n2nccn2)c(C(=O)N[C@@H]2CCC[C@@H]2Nc2nc3ccccc3s2)c1. The van der Waals surface area contributed by atoms with Gasteiger partial charge in [0, 0.05) is 12.1 Å². The predicted octanol–water partition coefficient (Wildman–Crippen LogP) is 3.95. The van der Waals surface area contributed by atoms with Gasteiger partial charge in [-0.05, 0) is 50.5 Å². The van der Waals surface area contributed by atoms with E-state index in [0.717, 1.165) is 40.2 Å². The molecule has 4 aromatic rings. The molecular weight excluding hydrogens is 396 g/mol. The first kappa shape index (κ1) is 18.7. The molecule has 1 aliphatic rings. The molecule has 1 amide bonds. The lowest BCUT2D eigenvalue weighted by Gasteiger charge is -2.22. The number of carbonyl (C=O) groups is 1. The van der Waals surface area contributed by atoms with E-state index in [2.05, 4.69) is 31.9 Å². The second-order valence-electron chi connectivity index (χ2n) is 7.59. The van der Waals surface area contributed by atoms with Crippen molar-refractivity contribution in [1.82, 2.24) is 25.3 Å². The lowest BCUT2D eigenvalue weighted by atomic mass is 10.1. The highest BCUT2D eigenvalue weighted by molar-refractivity contribution is 7.22. The van der Waals surface area contributed by atoms with Crippen LogP contribution in [0.5, 0.6) is 0 Å². The van der Waals surface area contributed by atoms with Crippen molar-refractivity contribution in [1.29, 1.82) is 0 Å². The number of hydrogen-bond acceptors (Lipinski definition) is 6. The monoisotopic (exact) mass is 418 g/mol. The van der Waals surface area contributed by atoms with E-state index in [1.165, 1.54) is 4.80 Å². The normalized spacial score (nSPS) is 18.6. The topological polar surface area (TPSA) is 84.7 Å². The molecule has 2 atom stereocenters. The summed E-state index contributed by atoms with van der Waals surface area (Å²) in [6.07, 6.45) is 6.22. The number of aromatic nitrogens is 4. The number of amides is 1. The third-order valence-electron chi connectivity index (χ3n) is 5.47. The summed E-state index contributed by atoms with van der Waals surface area (Å²) in [5.41, 5.74) is 3.28. The number of rotatable bonds is 5. The molecule has 1 aliphatic carbocycles. The molecule has 2 aromatic carbocycles. The fraction of sp³-hybridized carbons (Fsp3) is 0.273. The van der Waals surface area contributed by atoms with Gasteiger partial charge in [-0.2, -0.15) is 15.0 Å². The molecule has 0 unspecified atom stereocenters. The van der Waals surface area contributed by atoms with E-state index in [1.54, 1.807) is 23.7 Å². The Bertz CT molecular complexity index is 1150. The van der Waals surface area contributed by atoms with Crippen molar-refractivity contribution >= 4 is 32.6 Å². The van der Waals surface area contributed by atoms with Crippen LogP contribution in [0.2, 0.25) is 0 Å². The van der Waals surface area contributed by atoms with E-state index in [1.807, 2.05) is 43.3 Å². The van der Waals surface area contributed by atoms with Gasteiger partial charge >= 0.3 is 0 Å².